The molecule has 0 fully saturated rings. The number of carbonyl (C=O) groups excluding carboxylic acids is 1. The van der Waals surface area contributed by atoms with Gasteiger partial charge < -0.3 is 28.8 Å². The fourth-order valence-corrected chi connectivity index (χ4v) is 8.89. The monoisotopic (exact) mass is 937 g/mol. The van der Waals surface area contributed by atoms with Gasteiger partial charge in [0.2, 0.25) is 5.91 Å². The van der Waals surface area contributed by atoms with Crippen LogP contribution < -0.4 is 10.2 Å². The van der Waals surface area contributed by atoms with Gasteiger partial charge in [0, 0.05) is 6.42 Å². The van der Waals surface area contributed by atoms with Crippen molar-refractivity contribution < 1.29 is 32.9 Å². The van der Waals surface area contributed by atoms with E-state index in [2.05, 4.69) is 43.5 Å². The lowest BCUT2D eigenvalue weighted by atomic mass is 10.0. The summed E-state index contributed by atoms with van der Waals surface area (Å²) in [6.07, 6.45) is 60.8. The lowest BCUT2D eigenvalue weighted by Gasteiger charge is -2.29. The molecule has 3 unspecified atom stereocenters. The number of quaternary nitrogens is 1. The summed E-state index contributed by atoms with van der Waals surface area (Å²) >= 11 is 0. The van der Waals surface area contributed by atoms with E-state index in [1.54, 1.807) is 6.08 Å². The highest BCUT2D eigenvalue weighted by molar-refractivity contribution is 7.45. The summed E-state index contributed by atoms with van der Waals surface area (Å²) in [5, 5.41) is 13.8. The van der Waals surface area contributed by atoms with Gasteiger partial charge in [-0.15, -0.1) is 0 Å². The van der Waals surface area contributed by atoms with Crippen LogP contribution in [0.25, 0.3) is 0 Å². The fourth-order valence-electron chi connectivity index (χ4n) is 8.17. The number of phosphoric ester groups is 1. The van der Waals surface area contributed by atoms with Gasteiger partial charge in [0.1, 0.15) is 13.2 Å². The number of unbranched alkanes of at least 4 members (excludes halogenated alkanes) is 34. The maximum Gasteiger partial charge on any atom is 0.268 e. The molecule has 0 bridgehead atoms. The van der Waals surface area contributed by atoms with E-state index in [9.17, 15) is 19.4 Å². The van der Waals surface area contributed by atoms with Gasteiger partial charge in [0.25, 0.3) is 7.82 Å². The minimum absolute atomic E-state index is 0.00672. The average Bonchev–Trinajstić information content (AvgIpc) is 3.26. The third-order valence-corrected chi connectivity index (χ3v) is 13.5. The Balaban J connectivity index is 4.26. The first kappa shape index (κ1) is 63.7. The van der Waals surface area contributed by atoms with Crippen molar-refractivity contribution in [1.29, 1.82) is 0 Å². The van der Waals surface area contributed by atoms with Crippen molar-refractivity contribution in [3.63, 3.8) is 0 Å². The molecule has 0 aromatic heterocycles. The predicted molar refractivity (Wildman–Crippen MR) is 279 cm³/mol. The summed E-state index contributed by atoms with van der Waals surface area (Å²) in [6.45, 7) is 4.65. The van der Waals surface area contributed by atoms with Gasteiger partial charge in [0.15, 0.2) is 0 Å². The number of allylic oxidation sites excluding steroid dienone is 5. The second kappa shape index (κ2) is 47.8. The summed E-state index contributed by atoms with van der Waals surface area (Å²) in [6, 6.07) is -0.905. The SMILES string of the molecule is CCCCCCCC/C=C\CCCCCCCCCC(=O)NC(COP(=O)([O-])OCC[N+](C)(C)C)C(O)/C=C/CC/C=C/CCCCCCCCCCCCCCCCCCCCCC. The maximum atomic E-state index is 12.9. The number of nitrogens with zero attached hydrogens (tertiary/aromatic N) is 1. The number of nitrogens with one attached hydrogen (secondary N) is 1. The molecule has 0 aliphatic heterocycles. The molecule has 8 nitrogen and oxygen atoms in total. The highest BCUT2D eigenvalue weighted by Crippen LogP contribution is 2.38. The van der Waals surface area contributed by atoms with Crippen LogP contribution in [0, 0.1) is 0 Å². The Labute approximate surface area is 404 Å². The highest BCUT2D eigenvalue weighted by Gasteiger charge is 2.23. The van der Waals surface area contributed by atoms with Gasteiger partial charge in [-0.3, -0.25) is 9.36 Å². The topological polar surface area (TPSA) is 108 Å². The van der Waals surface area contributed by atoms with Crippen LogP contribution in [0.2, 0.25) is 0 Å². The van der Waals surface area contributed by atoms with Gasteiger partial charge in [-0.05, 0) is 57.8 Å². The average molecular weight is 937 g/mol. The Kier molecular flexibility index (Phi) is 46.8. The Morgan fingerprint density at radius 2 is 0.862 bits per heavy atom. The summed E-state index contributed by atoms with van der Waals surface area (Å²) in [5.74, 6) is -0.210. The van der Waals surface area contributed by atoms with E-state index < -0.39 is 26.6 Å². The third-order valence-electron chi connectivity index (χ3n) is 12.6. The largest absolute Gasteiger partial charge is 0.756 e. The van der Waals surface area contributed by atoms with E-state index >= 15 is 0 Å². The number of aliphatic hydroxyl groups is 1. The number of amides is 1. The second-order valence-corrected chi connectivity index (χ2v) is 21.7. The predicted octanol–water partition coefficient (Wildman–Crippen LogP) is 16.0. The molecule has 1 amide bonds. The second-order valence-electron chi connectivity index (χ2n) is 20.3. The Morgan fingerprint density at radius 3 is 1.25 bits per heavy atom. The molecule has 0 aliphatic carbocycles. The number of likely N-dealkylation sites (N-methyl/N-ethyl adjacent to an activating group) is 1. The van der Waals surface area contributed by atoms with Crippen LogP contribution in [0.15, 0.2) is 36.5 Å². The number of rotatable bonds is 51. The first-order valence-electron chi connectivity index (χ1n) is 27.9. The highest BCUT2D eigenvalue weighted by atomic mass is 31.2. The van der Waals surface area contributed by atoms with E-state index in [1.165, 1.54) is 205 Å². The molecule has 0 spiro atoms. The molecule has 384 valence electrons. The molecule has 9 heteroatoms. The van der Waals surface area contributed by atoms with Crippen molar-refractivity contribution in [3.8, 4) is 0 Å². The molecule has 0 rings (SSSR count). The molecule has 0 saturated heterocycles. The maximum absolute atomic E-state index is 12.9. The van der Waals surface area contributed by atoms with Gasteiger partial charge in [-0.2, -0.15) is 0 Å². The first-order valence-corrected chi connectivity index (χ1v) is 29.3. The van der Waals surface area contributed by atoms with Gasteiger partial charge in [-0.25, -0.2) is 0 Å². The van der Waals surface area contributed by atoms with E-state index in [-0.39, 0.29) is 12.5 Å². The fraction of sp³-hybridized carbons (Fsp3) is 0.875. The van der Waals surface area contributed by atoms with E-state index in [0.29, 0.717) is 17.4 Å². The van der Waals surface area contributed by atoms with Crippen molar-refractivity contribution in [2.45, 2.75) is 276 Å². The summed E-state index contributed by atoms with van der Waals surface area (Å²) in [7, 11) is 1.25. The molecular weight excluding hydrogens is 828 g/mol. The van der Waals surface area contributed by atoms with Crippen LogP contribution in [0.1, 0.15) is 264 Å². The van der Waals surface area contributed by atoms with E-state index in [0.717, 1.165) is 38.5 Å². The minimum atomic E-state index is -4.60. The molecule has 65 heavy (non-hydrogen) atoms. The van der Waals surface area contributed by atoms with Crippen LogP contribution in [0.4, 0.5) is 0 Å². The Morgan fingerprint density at radius 1 is 0.523 bits per heavy atom. The summed E-state index contributed by atoms with van der Waals surface area (Å²) < 4.78 is 23.3. The van der Waals surface area contributed by atoms with E-state index in [1.807, 2.05) is 27.2 Å². The van der Waals surface area contributed by atoms with Gasteiger partial charge in [-0.1, -0.05) is 237 Å². The van der Waals surface area contributed by atoms with Gasteiger partial charge in [0.05, 0.1) is 39.9 Å². The molecule has 0 aliphatic rings. The molecule has 0 aromatic rings. The Hall–Kier alpha value is -1.28. The molecular formula is C56H109N2O6P. The first-order chi connectivity index (χ1) is 31.5. The number of phosphoric acid groups is 1. The number of hydrogen-bond acceptors (Lipinski definition) is 6. The minimum Gasteiger partial charge on any atom is -0.756 e. The molecule has 0 heterocycles. The van der Waals surface area contributed by atoms with Crippen molar-refractivity contribution in [1.82, 2.24) is 5.32 Å². The van der Waals surface area contributed by atoms with Gasteiger partial charge >= 0.3 is 0 Å². The Bertz CT molecular complexity index is 1150. The summed E-state index contributed by atoms with van der Waals surface area (Å²) in [5.41, 5.74) is 0. The van der Waals surface area contributed by atoms with Crippen LogP contribution in [-0.2, 0) is 18.4 Å². The quantitative estimate of drug-likeness (QED) is 0.0272. The zero-order valence-electron chi connectivity index (χ0n) is 43.7. The smallest absolute Gasteiger partial charge is 0.268 e. The number of aliphatic hydroxyl groups excluding tert-OH is 1. The standard InChI is InChI=1S/C56H109N2O6P/c1-6-8-10-12-14-16-18-20-22-24-25-26-27-28-29-30-31-32-34-35-37-39-41-43-45-47-49-55(59)54(53-64-65(61,62)63-52-51-58(3,4)5)57-56(60)50-48-46-44-42-40-38-36-33-23-21-19-17-15-13-11-9-7-2/h21,23,39,41,47,49,54-55,59H,6-20,22,24-38,40,42-46,48,50-53H2,1-5H3,(H-,57,60,61,62)/b23-21-,41-39+,49-47+. The van der Waals surface area contributed by atoms with Crippen LogP contribution in [0.3, 0.4) is 0 Å². The van der Waals surface area contributed by atoms with Crippen molar-refractivity contribution in [2.75, 3.05) is 40.9 Å². The molecule has 0 radical (unpaired) electrons. The lowest BCUT2D eigenvalue weighted by Crippen LogP contribution is -2.45. The molecule has 0 saturated carbocycles. The number of hydrogen-bond donors (Lipinski definition) is 2. The summed E-state index contributed by atoms with van der Waals surface area (Å²) in [4.78, 5) is 25.4. The van der Waals surface area contributed by atoms with Crippen molar-refractivity contribution >= 4 is 13.7 Å². The lowest BCUT2D eigenvalue weighted by molar-refractivity contribution is -0.870. The molecule has 2 N–H and O–H groups in total. The number of carbonyl (C=O) groups is 1. The zero-order valence-corrected chi connectivity index (χ0v) is 44.6. The van der Waals surface area contributed by atoms with E-state index in [4.69, 9.17) is 9.05 Å². The van der Waals surface area contributed by atoms with Crippen molar-refractivity contribution in [3.05, 3.63) is 36.5 Å². The van der Waals surface area contributed by atoms with Crippen LogP contribution in [-0.4, -0.2) is 68.5 Å². The van der Waals surface area contributed by atoms with Crippen LogP contribution >= 0.6 is 7.82 Å². The van der Waals surface area contributed by atoms with Crippen molar-refractivity contribution in [2.24, 2.45) is 0 Å². The zero-order chi connectivity index (χ0) is 47.8. The molecule has 0 aromatic carbocycles. The molecule has 3 atom stereocenters. The third kappa shape index (κ3) is 50.4. The normalized spacial score (nSPS) is 14.3. The van der Waals surface area contributed by atoms with Crippen LogP contribution in [0.5, 0.6) is 0 Å².